The first-order valence-electron chi connectivity index (χ1n) is 6.74. The van der Waals surface area contributed by atoms with E-state index in [0.717, 1.165) is 5.56 Å². The van der Waals surface area contributed by atoms with E-state index in [2.05, 4.69) is 20.6 Å². The summed E-state index contributed by atoms with van der Waals surface area (Å²) in [5.41, 5.74) is 1.50. The van der Waals surface area contributed by atoms with Crippen molar-refractivity contribution in [3.05, 3.63) is 42.5 Å². The van der Waals surface area contributed by atoms with Gasteiger partial charge in [-0.2, -0.15) is 0 Å². The smallest absolute Gasteiger partial charge is 0.319 e. The molecular formula is C15H18N4O3. The van der Waals surface area contributed by atoms with Gasteiger partial charge >= 0.3 is 6.03 Å². The van der Waals surface area contributed by atoms with Crippen molar-refractivity contribution in [3.63, 3.8) is 0 Å². The van der Waals surface area contributed by atoms with Crippen LogP contribution in [0.2, 0.25) is 0 Å². The van der Waals surface area contributed by atoms with Gasteiger partial charge < -0.3 is 20.1 Å². The van der Waals surface area contributed by atoms with Gasteiger partial charge in [0.05, 0.1) is 19.9 Å². The lowest BCUT2D eigenvalue weighted by Gasteiger charge is -2.13. The fourth-order valence-corrected chi connectivity index (χ4v) is 1.93. The normalized spacial score (nSPS) is 9.91. The average molecular weight is 302 g/mol. The van der Waals surface area contributed by atoms with Crippen molar-refractivity contribution in [2.45, 2.75) is 6.42 Å². The molecule has 1 heterocycles. The molecule has 1 aromatic carbocycles. The summed E-state index contributed by atoms with van der Waals surface area (Å²) >= 11 is 0. The molecule has 2 rings (SSSR count). The summed E-state index contributed by atoms with van der Waals surface area (Å²) in [6, 6.07) is 4.96. The number of ether oxygens (including phenoxy) is 2. The number of nitrogens with zero attached hydrogens (tertiary/aromatic N) is 2. The Kier molecular flexibility index (Phi) is 5.53. The molecule has 0 fully saturated rings. The number of para-hydroxylation sites is 1. The van der Waals surface area contributed by atoms with E-state index in [-0.39, 0.29) is 6.03 Å². The van der Waals surface area contributed by atoms with Gasteiger partial charge in [0.15, 0.2) is 11.5 Å². The minimum absolute atomic E-state index is 0.316. The first-order chi connectivity index (χ1) is 10.7. The minimum Gasteiger partial charge on any atom is -0.493 e. The molecule has 1 aromatic heterocycles. The number of anilines is 1. The SMILES string of the molecule is COc1cccc(NC(=O)NCCc2cncnc2)c1OC. The number of rotatable bonds is 6. The van der Waals surface area contributed by atoms with Crippen molar-refractivity contribution in [2.24, 2.45) is 0 Å². The van der Waals surface area contributed by atoms with Crippen LogP contribution in [0.4, 0.5) is 10.5 Å². The van der Waals surface area contributed by atoms with E-state index in [0.29, 0.717) is 30.2 Å². The number of carbonyl (C=O) groups excluding carboxylic acids is 1. The molecular weight excluding hydrogens is 284 g/mol. The van der Waals surface area contributed by atoms with Crippen LogP contribution in [0.3, 0.4) is 0 Å². The third-order valence-corrected chi connectivity index (χ3v) is 2.96. The summed E-state index contributed by atoms with van der Waals surface area (Å²) in [4.78, 5) is 19.8. The highest BCUT2D eigenvalue weighted by molar-refractivity contribution is 5.91. The second-order valence-corrected chi connectivity index (χ2v) is 4.42. The van der Waals surface area contributed by atoms with Crippen LogP contribution >= 0.6 is 0 Å². The second-order valence-electron chi connectivity index (χ2n) is 4.42. The van der Waals surface area contributed by atoms with Crippen LogP contribution in [-0.4, -0.2) is 36.8 Å². The summed E-state index contributed by atoms with van der Waals surface area (Å²) < 4.78 is 10.4. The Morgan fingerprint density at radius 2 is 1.95 bits per heavy atom. The van der Waals surface area contributed by atoms with Crippen molar-refractivity contribution >= 4 is 11.7 Å². The summed E-state index contributed by atoms with van der Waals surface area (Å²) in [5.74, 6) is 1.04. The lowest BCUT2D eigenvalue weighted by atomic mass is 10.2. The third kappa shape index (κ3) is 4.08. The van der Waals surface area contributed by atoms with Crippen molar-refractivity contribution in [3.8, 4) is 11.5 Å². The Balaban J connectivity index is 1.89. The molecule has 2 amide bonds. The molecule has 116 valence electrons. The topological polar surface area (TPSA) is 85.4 Å². The molecule has 2 aromatic rings. The van der Waals surface area contributed by atoms with Crippen LogP contribution < -0.4 is 20.1 Å². The van der Waals surface area contributed by atoms with Crippen LogP contribution in [-0.2, 0) is 6.42 Å². The molecule has 7 nitrogen and oxygen atoms in total. The molecule has 0 unspecified atom stereocenters. The average Bonchev–Trinajstić information content (AvgIpc) is 2.55. The number of hydrogen-bond donors (Lipinski definition) is 2. The standard InChI is InChI=1S/C15H18N4O3/c1-21-13-5-3-4-12(14(13)22-2)19-15(20)18-7-6-11-8-16-10-17-9-11/h3-5,8-10H,6-7H2,1-2H3,(H2,18,19,20). The maximum atomic E-state index is 11.9. The molecule has 0 saturated carbocycles. The predicted molar refractivity (Wildman–Crippen MR) is 82.3 cm³/mol. The molecule has 22 heavy (non-hydrogen) atoms. The van der Waals surface area contributed by atoms with Gasteiger partial charge in [0.25, 0.3) is 0 Å². The zero-order valence-corrected chi connectivity index (χ0v) is 12.5. The Morgan fingerprint density at radius 3 is 2.64 bits per heavy atom. The first kappa shape index (κ1) is 15.6. The van der Waals surface area contributed by atoms with E-state index >= 15 is 0 Å². The Bertz CT molecular complexity index is 619. The fraction of sp³-hybridized carbons (Fsp3) is 0.267. The van der Waals surface area contributed by atoms with Crippen molar-refractivity contribution in [2.75, 3.05) is 26.1 Å². The van der Waals surface area contributed by atoms with E-state index in [1.54, 1.807) is 37.7 Å². The van der Waals surface area contributed by atoms with Gasteiger partial charge in [-0.15, -0.1) is 0 Å². The lowest BCUT2D eigenvalue weighted by molar-refractivity contribution is 0.252. The number of carbonyl (C=O) groups is 1. The second kappa shape index (κ2) is 7.82. The van der Waals surface area contributed by atoms with Crippen LogP contribution in [0.25, 0.3) is 0 Å². The maximum absolute atomic E-state index is 11.9. The fourth-order valence-electron chi connectivity index (χ4n) is 1.93. The monoisotopic (exact) mass is 302 g/mol. The highest BCUT2D eigenvalue weighted by Gasteiger charge is 2.11. The van der Waals surface area contributed by atoms with E-state index in [9.17, 15) is 4.79 Å². The minimum atomic E-state index is -0.316. The summed E-state index contributed by atoms with van der Waals surface area (Å²) in [5, 5.41) is 5.50. The van der Waals surface area contributed by atoms with Crippen LogP contribution in [0.5, 0.6) is 11.5 Å². The van der Waals surface area contributed by atoms with E-state index in [4.69, 9.17) is 9.47 Å². The third-order valence-electron chi connectivity index (χ3n) is 2.96. The number of hydrogen-bond acceptors (Lipinski definition) is 5. The number of nitrogens with one attached hydrogen (secondary N) is 2. The van der Waals surface area contributed by atoms with Gasteiger partial charge in [0, 0.05) is 18.9 Å². The quantitative estimate of drug-likeness (QED) is 0.850. The molecule has 0 bridgehead atoms. The number of methoxy groups -OCH3 is 2. The Morgan fingerprint density at radius 1 is 1.18 bits per heavy atom. The van der Waals surface area contributed by atoms with E-state index < -0.39 is 0 Å². The number of urea groups is 1. The number of amides is 2. The maximum Gasteiger partial charge on any atom is 0.319 e. The largest absolute Gasteiger partial charge is 0.493 e. The van der Waals surface area contributed by atoms with Crippen LogP contribution in [0.1, 0.15) is 5.56 Å². The Labute approximate surface area is 128 Å². The van der Waals surface area contributed by atoms with Crippen LogP contribution in [0, 0.1) is 0 Å². The van der Waals surface area contributed by atoms with Crippen molar-refractivity contribution in [1.29, 1.82) is 0 Å². The molecule has 0 spiro atoms. The van der Waals surface area contributed by atoms with Crippen LogP contribution in [0.15, 0.2) is 36.9 Å². The van der Waals surface area contributed by atoms with Gasteiger partial charge in [0.1, 0.15) is 6.33 Å². The predicted octanol–water partition coefficient (Wildman–Crippen LogP) is 1.86. The highest BCUT2D eigenvalue weighted by Crippen LogP contribution is 2.34. The molecule has 0 aliphatic rings. The highest BCUT2D eigenvalue weighted by atomic mass is 16.5. The van der Waals surface area contributed by atoms with Gasteiger partial charge in [-0.05, 0) is 24.1 Å². The molecule has 0 aliphatic carbocycles. The number of benzene rings is 1. The molecule has 7 heteroatoms. The van der Waals surface area contributed by atoms with Gasteiger partial charge in [0.2, 0.25) is 0 Å². The Hall–Kier alpha value is -2.83. The molecule has 2 N–H and O–H groups in total. The summed E-state index contributed by atoms with van der Waals surface area (Å²) in [7, 11) is 3.07. The van der Waals surface area contributed by atoms with Gasteiger partial charge in [-0.25, -0.2) is 14.8 Å². The van der Waals surface area contributed by atoms with Gasteiger partial charge in [-0.1, -0.05) is 6.07 Å². The van der Waals surface area contributed by atoms with Crippen molar-refractivity contribution < 1.29 is 14.3 Å². The van der Waals surface area contributed by atoms with Crippen molar-refractivity contribution in [1.82, 2.24) is 15.3 Å². The molecule has 0 radical (unpaired) electrons. The summed E-state index contributed by atoms with van der Waals surface area (Å²) in [6.07, 6.45) is 5.57. The first-order valence-corrected chi connectivity index (χ1v) is 6.74. The molecule has 0 saturated heterocycles. The van der Waals surface area contributed by atoms with E-state index in [1.165, 1.54) is 13.4 Å². The molecule has 0 atom stereocenters. The van der Waals surface area contributed by atoms with E-state index in [1.807, 2.05) is 0 Å². The summed E-state index contributed by atoms with van der Waals surface area (Å²) in [6.45, 7) is 0.478. The zero-order valence-electron chi connectivity index (χ0n) is 12.5. The molecule has 0 aliphatic heterocycles. The zero-order chi connectivity index (χ0) is 15.8. The van der Waals surface area contributed by atoms with Gasteiger partial charge in [-0.3, -0.25) is 0 Å². The lowest BCUT2D eigenvalue weighted by Crippen LogP contribution is -2.30. The number of aromatic nitrogens is 2.